The van der Waals surface area contributed by atoms with Gasteiger partial charge in [-0.05, 0) is 38.3 Å². The van der Waals surface area contributed by atoms with Crippen LogP contribution in [0.5, 0.6) is 0 Å². The molecular weight excluding hydrogens is 239 g/mol. The molecule has 1 heterocycles. The number of fused-ring (bicyclic) bond motifs is 1. The normalized spacial score (nSPS) is 15.3. The molecule has 92 valence electrons. The summed E-state index contributed by atoms with van der Waals surface area (Å²) in [5, 5.41) is 2.94. The van der Waals surface area contributed by atoms with Crippen molar-refractivity contribution in [1.29, 1.82) is 0 Å². The molecule has 18 heavy (non-hydrogen) atoms. The van der Waals surface area contributed by atoms with Gasteiger partial charge in [0.15, 0.2) is 5.55 Å². The van der Waals surface area contributed by atoms with E-state index in [4.69, 9.17) is 4.98 Å². The number of aromatic nitrogens is 1. The number of allylic oxidation sites excluding steroid dienone is 4. The van der Waals surface area contributed by atoms with Gasteiger partial charge in [-0.25, -0.2) is 4.98 Å². The van der Waals surface area contributed by atoms with Crippen molar-refractivity contribution in [2.75, 3.05) is 19.0 Å². The van der Waals surface area contributed by atoms with Gasteiger partial charge in [0, 0.05) is 19.2 Å². The fourth-order valence-corrected chi connectivity index (χ4v) is 4.96. The minimum Gasteiger partial charge on any atom is -0.359 e. The van der Waals surface area contributed by atoms with Gasteiger partial charge in [-0.2, -0.15) is 0 Å². The first-order chi connectivity index (χ1) is 8.66. The number of hydrogen-bond donors (Lipinski definition) is 0. The maximum absolute atomic E-state index is 4.82. The van der Waals surface area contributed by atoms with Crippen molar-refractivity contribution in [3.05, 3.63) is 42.0 Å². The Bertz CT molecular complexity index is 662. The lowest BCUT2D eigenvalue weighted by atomic mass is 10.2. The van der Waals surface area contributed by atoms with E-state index in [1.54, 1.807) is 0 Å². The fourth-order valence-electron chi connectivity index (χ4n) is 2.36. The molecule has 0 saturated heterocycles. The summed E-state index contributed by atoms with van der Waals surface area (Å²) in [6.07, 6.45) is 7.74. The second kappa shape index (κ2) is 4.29. The lowest BCUT2D eigenvalue weighted by Gasteiger charge is -2.13. The van der Waals surface area contributed by atoms with Crippen molar-refractivity contribution >= 4 is 29.0 Å². The molecule has 0 bridgehead atoms. The van der Waals surface area contributed by atoms with Crippen LogP contribution in [0.4, 0.5) is 5.55 Å². The average molecular weight is 256 g/mol. The van der Waals surface area contributed by atoms with Crippen LogP contribution in [0.25, 0.3) is 15.9 Å². The fraction of sp³-hybridized carbons (Fsp3) is 0.267. The highest BCUT2D eigenvalue weighted by Gasteiger charge is 2.17. The minimum atomic E-state index is -0.407. The van der Waals surface area contributed by atoms with Crippen LogP contribution in [0.2, 0.25) is 0 Å². The van der Waals surface area contributed by atoms with Crippen molar-refractivity contribution < 1.29 is 0 Å². The molecule has 1 aromatic carbocycles. The summed E-state index contributed by atoms with van der Waals surface area (Å²) in [5.41, 5.74) is 3.70. The molecule has 0 N–H and O–H groups in total. The summed E-state index contributed by atoms with van der Waals surface area (Å²) in [6, 6.07) is 6.61. The lowest BCUT2D eigenvalue weighted by Crippen LogP contribution is -2.08. The Kier molecular flexibility index (Phi) is 2.76. The van der Waals surface area contributed by atoms with Crippen molar-refractivity contribution in [3.8, 4) is 0 Å². The van der Waals surface area contributed by atoms with E-state index in [2.05, 4.69) is 62.3 Å². The summed E-state index contributed by atoms with van der Waals surface area (Å²) < 4.78 is 0. The van der Waals surface area contributed by atoms with E-state index in [1.807, 2.05) is 0 Å². The maximum Gasteiger partial charge on any atom is 0.152 e. The Morgan fingerprint density at radius 3 is 2.78 bits per heavy atom. The molecule has 0 spiro atoms. The highest BCUT2D eigenvalue weighted by Crippen LogP contribution is 2.56. The van der Waals surface area contributed by atoms with Gasteiger partial charge >= 0.3 is 0 Å². The van der Waals surface area contributed by atoms with Crippen molar-refractivity contribution in [2.45, 2.75) is 13.3 Å². The molecule has 0 aliphatic heterocycles. The summed E-state index contributed by atoms with van der Waals surface area (Å²) in [6.45, 7) is 2.16. The largest absolute Gasteiger partial charge is 0.359 e. The number of benzene rings is 1. The molecule has 1 aromatic heterocycles. The molecule has 3 rings (SSSR count). The molecular formula is C15H17N2P. The standard InChI is InChI=1S/C15H17N2P/c1-11-8-9-13-14(10-11)18(12-6-4-5-7-12)15(16-13)17(2)3/h4-6,8-10H,7H2,1-3H3. The van der Waals surface area contributed by atoms with E-state index in [0.29, 0.717) is 0 Å². The van der Waals surface area contributed by atoms with E-state index in [1.165, 1.54) is 21.5 Å². The van der Waals surface area contributed by atoms with Crippen LogP contribution in [0.1, 0.15) is 12.0 Å². The molecule has 0 amide bonds. The molecule has 1 atom stereocenters. The Labute approximate surface area is 109 Å². The van der Waals surface area contributed by atoms with Gasteiger partial charge in [-0.15, -0.1) is 0 Å². The van der Waals surface area contributed by atoms with Gasteiger partial charge < -0.3 is 4.90 Å². The molecule has 1 unspecified atom stereocenters. The van der Waals surface area contributed by atoms with E-state index in [-0.39, 0.29) is 0 Å². The third-order valence-corrected chi connectivity index (χ3v) is 5.88. The highest BCUT2D eigenvalue weighted by molar-refractivity contribution is 7.68. The molecule has 0 radical (unpaired) electrons. The second-order valence-corrected chi connectivity index (χ2v) is 7.05. The minimum absolute atomic E-state index is 0.407. The summed E-state index contributed by atoms with van der Waals surface area (Å²) in [4.78, 5) is 6.99. The average Bonchev–Trinajstić information content (AvgIpc) is 2.93. The summed E-state index contributed by atoms with van der Waals surface area (Å²) in [7, 11) is 3.78. The van der Waals surface area contributed by atoms with Crippen molar-refractivity contribution in [3.63, 3.8) is 0 Å². The topological polar surface area (TPSA) is 16.1 Å². The van der Waals surface area contributed by atoms with Gasteiger partial charge in [0.05, 0.1) is 5.52 Å². The molecule has 0 fully saturated rings. The van der Waals surface area contributed by atoms with E-state index in [0.717, 1.165) is 11.9 Å². The van der Waals surface area contributed by atoms with Crippen LogP contribution in [0, 0.1) is 6.92 Å². The lowest BCUT2D eigenvalue weighted by molar-refractivity contribution is 1.11. The number of rotatable bonds is 2. The smallest absolute Gasteiger partial charge is 0.152 e. The van der Waals surface area contributed by atoms with Gasteiger partial charge in [-0.3, -0.25) is 0 Å². The zero-order chi connectivity index (χ0) is 12.7. The van der Waals surface area contributed by atoms with Crippen LogP contribution < -0.4 is 4.90 Å². The molecule has 1 aliphatic rings. The SMILES string of the molecule is Cc1ccc2nc(N(C)C)p(C3=CC=CC3)c2c1. The van der Waals surface area contributed by atoms with E-state index < -0.39 is 7.53 Å². The Hall–Kier alpha value is -1.53. The Balaban J connectivity index is 2.30. The number of hydrogen-bond acceptors (Lipinski definition) is 2. The number of nitrogens with zero attached hydrogens (tertiary/aromatic N) is 2. The van der Waals surface area contributed by atoms with Gasteiger partial charge in [0.1, 0.15) is 0 Å². The summed E-state index contributed by atoms with van der Waals surface area (Å²) in [5.74, 6) is 0. The highest BCUT2D eigenvalue weighted by atomic mass is 31.1. The second-order valence-electron chi connectivity index (χ2n) is 4.92. The van der Waals surface area contributed by atoms with Crippen LogP contribution in [0.3, 0.4) is 0 Å². The first kappa shape index (κ1) is 11.6. The molecule has 1 aliphatic carbocycles. The quantitative estimate of drug-likeness (QED) is 0.791. The van der Waals surface area contributed by atoms with E-state index >= 15 is 0 Å². The van der Waals surface area contributed by atoms with Crippen LogP contribution in [0.15, 0.2) is 36.4 Å². The predicted molar refractivity (Wildman–Crippen MR) is 81.5 cm³/mol. The zero-order valence-corrected chi connectivity index (χ0v) is 11.9. The van der Waals surface area contributed by atoms with Crippen LogP contribution in [-0.4, -0.2) is 19.1 Å². The molecule has 2 aromatic rings. The molecule has 3 heteroatoms. The Morgan fingerprint density at radius 1 is 1.28 bits per heavy atom. The maximum atomic E-state index is 4.82. The predicted octanol–water partition coefficient (Wildman–Crippen LogP) is 4.40. The molecule has 2 nitrogen and oxygen atoms in total. The third-order valence-electron chi connectivity index (χ3n) is 3.23. The van der Waals surface area contributed by atoms with Gasteiger partial charge in [0.25, 0.3) is 0 Å². The first-order valence-corrected chi connectivity index (χ1v) is 7.53. The van der Waals surface area contributed by atoms with Gasteiger partial charge in [0.2, 0.25) is 0 Å². The third kappa shape index (κ3) is 1.77. The number of aryl methyl sites for hydroxylation is 1. The molecule has 0 saturated carbocycles. The number of anilines is 1. The van der Waals surface area contributed by atoms with Gasteiger partial charge in [-0.1, -0.05) is 29.9 Å². The monoisotopic (exact) mass is 256 g/mol. The van der Waals surface area contributed by atoms with Crippen LogP contribution in [-0.2, 0) is 0 Å². The summed E-state index contributed by atoms with van der Waals surface area (Å²) >= 11 is 0. The Morgan fingerprint density at radius 2 is 2.11 bits per heavy atom. The van der Waals surface area contributed by atoms with E-state index in [9.17, 15) is 0 Å². The van der Waals surface area contributed by atoms with Crippen LogP contribution >= 0.6 is 7.53 Å². The zero-order valence-electron chi connectivity index (χ0n) is 11.0. The van der Waals surface area contributed by atoms with Crippen molar-refractivity contribution in [2.24, 2.45) is 0 Å². The van der Waals surface area contributed by atoms with Crippen molar-refractivity contribution in [1.82, 2.24) is 4.98 Å². The first-order valence-electron chi connectivity index (χ1n) is 6.19.